The predicted octanol–water partition coefficient (Wildman–Crippen LogP) is 4.21. The van der Waals surface area contributed by atoms with Gasteiger partial charge < -0.3 is 15.8 Å². The Labute approximate surface area is 205 Å². The summed E-state index contributed by atoms with van der Waals surface area (Å²) in [6, 6.07) is 12.1. The summed E-state index contributed by atoms with van der Waals surface area (Å²) in [6.45, 7) is 4.20. The number of carbonyl (C=O) groups excluding carboxylic acids is 1. The van der Waals surface area contributed by atoms with Crippen molar-refractivity contribution >= 4 is 39.7 Å². The van der Waals surface area contributed by atoms with Gasteiger partial charge in [-0.1, -0.05) is 12.1 Å². The van der Waals surface area contributed by atoms with Gasteiger partial charge >= 0.3 is 6.09 Å². The molecular formula is C25H25FN8O2. The van der Waals surface area contributed by atoms with E-state index >= 15 is 0 Å². The van der Waals surface area contributed by atoms with Crippen molar-refractivity contribution in [3.63, 3.8) is 0 Å². The minimum atomic E-state index is -0.588. The molecule has 0 saturated heterocycles. The second kappa shape index (κ2) is 9.62. The Morgan fingerprint density at radius 3 is 2.89 bits per heavy atom. The molecule has 0 spiro atoms. The average molecular weight is 489 g/mol. The Morgan fingerprint density at radius 1 is 1.22 bits per heavy atom. The molecule has 1 amide bonds. The van der Waals surface area contributed by atoms with Crippen molar-refractivity contribution in [2.24, 2.45) is 5.73 Å². The fourth-order valence-corrected chi connectivity index (χ4v) is 3.97. The van der Waals surface area contributed by atoms with Gasteiger partial charge in [0.05, 0.1) is 30.1 Å². The first kappa shape index (κ1) is 23.2. The largest absolute Gasteiger partial charge is 0.448 e. The van der Waals surface area contributed by atoms with Gasteiger partial charge in [-0.15, -0.1) is 0 Å². The first-order valence-corrected chi connectivity index (χ1v) is 11.4. The minimum Gasteiger partial charge on any atom is -0.448 e. The molecule has 1 atom stereocenters. The van der Waals surface area contributed by atoms with E-state index in [4.69, 9.17) is 10.5 Å². The number of carbonyl (C=O) groups is 1. The van der Waals surface area contributed by atoms with Gasteiger partial charge in [-0.25, -0.2) is 18.7 Å². The van der Waals surface area contributed by atoms with E-state index in [0.717, 1.165) is 27.7 Å². The number of rotatable bonds is 7. The lowest BCUT2D eigenvalue weighted by Crippen LogP contribution is -2.26. The van der Waals surface area contributed by atoms with Crippen LogP contribution in [-0.4, -0.2) is 43.1 Å². The van der Waals surface area contributed by atoms with Gasteiger partial charge in [0.15, 0.2) is 5.82 Å². The van der Waals surface area contributed by atoms with E-state index in [1.807, 2.05) is 35.9 Å². The third-order valence-electron chi connectivity index (χ3n) is 5.67. The predicted molar refractivity (Wildman–Crippen MR) is 135 cm³/mol. The third-order valence-corrected chi connectivity index (χ3v) is 5.67. The summed E-state index contributed by atoms with van der Waals surface area (Å²) in [4.78, 5) is 16.5. The highest BCUT2D eigenvalue weighted by atomic mass is 19.1. The number of aromatic nitrogens is 5. The molecule has 4 N–H and O–H groups in total. The van der Waals surface area contributed by atoms with Crippen molar-refractivity contribution in [3.8, 4) is 0 Å². The summed E-state index contributed by atoms with van der Waals surface area (Å²) < 4.78 is 22.1. The molecule has 0 fully saturated rings. The normalized spacial score (nSPS) is 12.1. The molecule has 0 aliphatic rings. The monoisotopic (exact) mass is 488 g/mol. The van der Waals surface area contributed by atoms with Crippen molar-refractivity contribution < 1.29 is 13.9 Å². The summed E-state index contributed by atoms with van der Waals surface area (Å²) in [5.41, 5.74) is 10.2. The molecule has 0 unspecified atom stereocenters. The highest BCUT2D eigenvalue weighted by molar-refractivity contribution is 5.91. The lowest BCUT2D eigenvalue weighted by atomic mass is 10.2. The first-order chi connectivity index (χ1) is 17.4. The van der Waals surface area contributed by atoms with E-state index in [-0.39, 0.29) is 18.5 Å². The number of halogens is 1. The van der Waals surface area contributed by atoms with Crippen LogP contribution in [0.1, 0.15) is 18.1 Å². The number of anilines is 3. The lowest BCUT2D eigenvalue weighted by Gasteiger charge is -2.09. The van der Waals surface area contributed by atoms with Crippen LogP contribution in [0.3, 0.4) is 0 Å². The smallest absolute Gasteiger partial charge is 0.411 e. The molecule has 10 nitrogen and oxygen atoms in total. The van der Waals surface area contributed by atoms with Gasteiger partial charge in [0, 0.05) is 22.7 Å². The Hall–Kier alpha value is -4.51. The molecule has 11 heteroatoms. The summed E-state index contributed by atoms with van der Waals surface area (Å²) in [5, 5.41) is 15.7. The molecule has 3 aromatic heterocycles. The Bertz CT molecular complexity index is 1560. The number of nitrogens with one attached hydrogen (secondary N) is 2. The molecule has 0 bridgehead atoms. The van der Waals surface area contributed by atoms with Crippen LogP contribution in [-0.2, 0) is 11.3 Å². The number of benzene rings is 2. The van der Waals surface area contributed by atoms with Crippen molar-refractivity contribution in [3.05, 3.63) is 78.1 Å². The van der Waals surface area contributed by atoms with Gasteiger partial charge in [0.25, 0.3) is 0 Å². The molecule has 2 aromatic carbocycles. The van der Waals surface area contributed by atoms with Crippen LogP contribution < -0.4 is 16.4 Å². The number of nitrogens with two attached hydrogens (primary N) is 1. The average Bonchev–Trinajstić information content (AvgIpc) is 3.38. The van der Waals surface area contributed by atoms with Crippen molar-refractivity contribution in [1.82, 2.24) is 24.4 Å². The zero-order valence-electron chi connectivity index (χ0n) is 19.8. The fraction of sp³-hybridized carbons (Fsp3) is 0.200. The van der Waals surface area contributed by atoms with Crippen molar-refractivity contribution in [1.29, 1.82) is 0 Å². The second-order valence-corrected chi connectivity index (χ2v) is 8.60. The van der Waals surface area contributed by atoms with Gasteiger partial charge in [-0.2, -0.15) is 10.2 Å². The highest BCUT2D eigenvalue weighted by Crippen LogP contribution is 2.29. The van der Waals surface area contributed by atoms with Gasteiger partial charge in [-0.3, -0.25) is 10.00 Å². The lowest BCUT2D eigenvalue weighted by molar-refractivity contribution is 0.156. The molecule has 0 radical (unpaired) electrons. The van der Waals surface area contributed by atoms with Crippen LogP contribution >= 0.6 is 0 Å². The van der Waals surface area contributed by atoms with Gasteiger partial charge in [0.1, 0.15) is 24.3 Å². The number of amides is 1. The Balaban J connectivity index is 1.38. The van der Waals surface area contributed by atoms with Crippen LogP contribution in [0.4, 0.5) is 26.4 Å². The summed E-state index contributed by atoms with van der Waals surface area (Å²) in [5.74, 6) is 0.304. The molecule has 5 rings (SSSR count). The number of nitrogens with zero attached hydrogens (tertiary/aromatic N) is 5. The molecule has 5 aromatic rings. The zero-order chi connectivity index (χ0) is 25.2. The number of hydrogen-bond donors (Lipinski definition) is 3. The molecule has 3 heterocycles. The van der Waals surface area contributed by atoms with Gasteiger partial charge in [0.2, 0.25) is 0 Å². The van der Waals surface area contributed by atoms with Crippen LogP contribution in [0.2, 0.25) is 0 Å². The Kier molecular flexibility index (Phi) is 6.21. The van der Waals surface area contributed by atoms with E-state index in [9.17, 15) is 9.18 Å². The van der Waals surface area contributed by atoms with E-state index < -0.39 is 6.09 Å². The number of hydrogen-bond acceptors (Lipinski definition) is 7. The van der Waals surface area contributed by atoms with E-state index in [1.54, 1.807) is 29.9 Å². The number of fused-ring (bicyclic) bond motifs is 2. The van der Waals surface area contributed by atoms with Crippen LogP contribution in [0.25, 0.3) is 16.4 Å². The quantitative estimate of drug-likeness (QED) is 0.313. The zero-order valence-corrected chi connectivity index (χ0v) is 19.8. The maximum absolute atomic E-state index is 13.6. The molecule has 0 aliphatic heterocycles. The molecule has 36 heavy (non-hydrogen) atoms. The summed E-state index contributed by atoms with van der Waals surface area (Å²) >= 11 is 0. The SMILES string of the molecule is Cc1c(NC(=O)OC[C@H](C)N)cn2ncnc(Nc3ccc4c(cnn4Cc4cccc(F)c4)c3)c12. The maximum Gasteiger partial charge on any atom is 0.411 e. The molecular weight excluding hydrogens is 463 g/mol. The Morgan fingerprint density at radius 2 is 2.08 bits per heavy atom. The fourth-order valence-electron chi connectivity index (χ4n) is 3.97. The van der Waals surface area contributed by atoms with E-state index in [1.165, 1.54) is 18.5 Å². The minimum absolute atomic E-state index is 0.117. The second-order valence-electron chi connectivity index (χ2n) is 8.60. The van der Waals surface area contributed by atoms with Crippen LogP contribution in [0.15, 0.2) is 61.2 Å². The van der Waals surface area contributed by atoms with E-state index in [2.05, 4.69) is 25.8 Å². The topological polar surface area (TPSA) is 124 Å². The van der Waals surface area contributed by atoms with Gasteiger partial charge in [-0.05, 0) is 49.7 Å². The highest BCUT2D eigenvalue weighted by Gasteiger charge is 2.16. The molecule has 0 saturated carbocycles. The standard InChI is InChI=1S/C25H25FN8O2/c1-15(27)13-36-25(35)32-21-12-34-23(16(21)2)24(28-14-30-34)31-20-6-7-22-18(9-20)10-29-33(22)11-17-4-3-5-19(26)8-17/h3-10,12,14-15H,11,13,27H2,1-2H3,(H,32,35)(H,28,30,31)/t15-/m0/s1. The maximum atomic E-state index is 13.6. The molecule has 184 valence electrons. The van der Waals surface area contributed by atoms with Crippen LogP contribution in [0.5, 0.6) is 0 Å². The molecule has 0 aliphatic carbocycles. The van der Waals surface area contributed by atoms with Crippen molar-refractivity contribution in [2.45, 2.75) is 26.4 Å². The number of ether oxygens (including phenoxy) is 1. The van der Waals surface area contributed by atoms with Crippen molar-refractivity contribution in [2.75, 3.05) is 17.2 Å². The number of aryl methyl sites for hydroxylation is 1. The summed E-state index contributed by atoms with van der Waals surface area (Å²) in [7, 11) is 0. The van der Waals surface area contributed by atoms with Crippen LogP contribution in [0, 0.1) is 12.7 Å². The summed E-state index contributed by atoms with van der Waals surface area (Å²) in [6.07, 6.45) is 4.31. The third kappa shape index (κ3) is 4.82. The van der Waals surface area contributed by atoms with E-state index in [0.29, 0.717) is 23.6 Å². The first-order valence-electron chi connectivity index (χ1n) is 11.4.